The normalized spacial score (nSPS) is 12.0. The molecular formula is C32H28BCl2N12O11S3. The number of aromatic nitrogens is 6. The second-order valence-electron chi connectivity index (χ2n) is 12.1. The molecule has 0 aliphatic heterocycles. The number of hydrogen-bond acceptors (Lipinski definition) is 21. The predicted octanol–water partition coefficient (Wildman–Crippen LogP) is 5.34. The van der Waals surface area contributed by atoms with E-state index in [9.17, 15) is 34.9 Å². The first-order chi connectivity index (χ1) is 28.8. The molecule has 23 nitrogen and oxygen atoms in total. The van der Waals surface area contributed by atoms with E-state index in [2.05, 4.69) is 65.4 Å². The number of halogens is 2. The van der Waals surface area contributed by atoms with Gasteiger partial charge in [0.25, 0.3) is 10.1 Å². The van der Waals surface area contributed by atoms with Gasteiger partial charge in [0.2, 0.25) is 34.4 Å². The maximum absolute atomic E-state index is 12.5. The zero-order valence-electron chi connectivity index (χ0n) is 31.0. The van der Waals surface area contributed by atoms with Crippen molar-refractivity contribution >= 4 is 118 Å². The lowest BCUT2D eigenvalue weighted by Crippen LogP contribution is -2.21. The van der Waals surface area contributed by atoms with Crippen LogP contribution in [0.2, 0.25) is 10.6 Å². The van der Waals surface area contributed by atoms with E-state index >= 15 is 0 Å². The number of phenolic OH excluding ortho intramolecular Hbond substituents is 1. The lowest BCUT2D eigenvalue weighted by atomic mass is 10.0. The van der Waals surface area contributed by atoms with Crippen LogP contribution in [0.1, 0.15) is 5.56 Å². The van der Waals surface area contributed by atoms with Gasteiger partial charge in [0.05, 0.1) is 24.4 Å². The van der Waals surface area contributed by atoms with Crippen molar-refractivity contribution in [3.05, 3.63) is 82.9 Å². The molecule has 0 saturated heterocycles. The van der Waals surface area contributed by atoms with Crippen molar-refractivity contribution < 1.29 is 48.4 Å². The fraction of sp³-hybridized carbons (Fsp3) is 0.125. The molecule has 0 spiro atoms. The van der Waals surface area contributed by atoms with E-state index in [-0.39, 0.29) is 62.1 Å². The van der Waals surface area contributed by atoms with Crippen LogP contribution in [-0.4, -0.2) is 96.4 Å². The molecule has 0 aliphatic rings. The van der Waals surface area contributed by atoms with E-state index < -0.39 is 47.6 Å². The van der Waals surface area contributed by atoms with Crippen LogP contribution in [-0.2, 0) is 34.5 Å². The Balaban J connectivity index is 1.09. The van der Waals surface area contributed by atoms with Crippen molar-refractivity contribution in [1.82, 2.24) is 29.9 Å². The molecule has 6 aromatic rings. The molecule has 317 valence electrons. The summed E-state index contributed by atoms with van der Waals surface area (Å²) in [6, 6.07) is 15.8. The summed E-state index contributed by atoms with van der Waals surface area (Å²) in [6.07, 6.45) is 0. The average Bonchev–Trinajstić information content (AvgIpc) is 3.16. The second kappa shape index (κ2) is 18.3. The quantitative estimate of drug-likeness (QED) is 0.0345. The van der Waals surface area contributed by atoms with Crippen LogP contribution in [0.5, 0.6) is 11.5 Å². The van der Waals surface area contributed by atoms with Crippen molar-refractivity contribution in [2.45, 2.75) is 16.7 Å². The van der Waals surface area contributed by atoms with Crippen LogP contribution in [0.25, 0.3) is 10.8 Å². The highest BCUT2D eigenvalue weighted by Crippen LogP contribution is 2.40. The molecule has 0 aliphatic carbocycles. The van der Waals surface area contributed by atoms with Crippen LogP contribution in [0, 0.1) is 6.92 Å². The number of sulfone groups is 1. The highest BCUT2D eigenvalue weighted by molar-refractivity contribution is 7.91. The fourth-order valence-corrected chi connectivity index (χ4v) is 7.66. The molecule has 0 saturated carbocycles. The molecule has 61 heavy (non-hydrogen) atoms. The molecule has 4 aromatic carbocycles. The number of anilines is 6. The fourth-order valence-electron chi connectivity index (χ4n) is 5.21. The minimum Gasteiger partial charge on any atom is -0.505 e. The largest absolute Gasteiger partial charge is 0.505 e. The van der Waals surface area contributed by atoms with Gasteiger partial charge in [-0.2, -0.15) is 46.7 Å². The van der Waals surface area contributed by atoms with Crippen LogP contribution < -0.4 is 25.8 Å². The number of phenols is 1. The molecule has 6 rings (SSSR count). The summed E-state index contributed by atoms with van der Waals surface area (Å²) in [7, 11) is -10.8. The first-order valence-electron chi connectivity index (χ1n) is 16.8. The van der Waals surface area contributed by atoms with Gasteiger partial charge in [-0.15, -0.1) is 10.2 Å². The van der Waals surface area contributed by atoms with Crippen LogP contribution in [0.4, 0.5) is 46.5 Å². The van der Waals surface area contributed by atoms with Gasteiger partial charge in [0.1, 0.15) is 22.0 Å². The molecule has 0 bridgehead atoms. The monoisotopic (exact) mass is 933 g/mol. The summed E-state index contributed by atoms with van der Waals surface area (Å²) in [5.41, 5.74) is 1.23. The molecule has 0 amide bonds. The average molecular weight is 935 g/mol. The standard InChI is InChI=1S/C32H28BCl2N12O11S3/c1-16-13-17-14-19(5-9-22(17)26(48)25(16)47-46-23-10-6-20(57-2)15-24(23)60(51,52)53)37-30-39-28(35)41-32(43-30)45-33-44-31-40-27(34)38-29(42-31)36-18-3-7-21(8-4-18)59(49,50)12-11-58-61(54,55)56/h3-10,13-15,48H,11-12H2,1-2H3,(H,51,52,53)(H,54,55,56)(H2,36,38,40,42,44)(H2,37,39,41,43,45). The van der Waals surface area contributed by atoms with Gasteiger partial charge in [0, 0.05) is 22.8 Å². The van der Waals surface area contributed by atoms with Crippen LogP contribution >= 0.6 is 23.2 Å². The highest BCUT2D eigenvalue weighted by atomic mass is 35.5. The zero-order chi connectivity index (χ0) is 44.1. The predicted molar refractivity (Wildman–Crippen MR) is 223 cm³/mol. The summed E-state index contributed by atoms with van der Waals surface area (Å²) in [5.74, 6) is -0.788. The van der Waals surface area contributed by atoms with Crippen molar-refractivity contribution in [2.75, 3.05) is 40.6 Å². The molecule has 1 radical (unpaired) electrons. The van der Waals surface area contributed by atoms with E-state index in [1.807, 2.05) is 0 Å². The summed E-state index contributed by atoms with van der Waals surface area (Å²) >= 11 is 12.3. The molecule has 7 N–H and O–H groups in total. The van der Waals surface area contributed by atoms with Gasteiger partial charge >= 0.3 is 17.9 Å². The Hall–Kier alpha value is -6.07. The Morgan fingerprint density at radius 3 is 1.92 bits per heavy atom. The summed E-state index contributed by atoms with van der Waals surface area (Å²) in [5, 5.41) is 31.2. The molecule has 29 heteroatoms. The third-order valence-corrected chi connectivity index (χ3v) is 11.3. The number of azo groups is 1. The van der Waals surface area contributed by atoms with Crippen molar-refractivity contribution in [2.24, 2.45) is 10.2 Å². The summed E-state index contributed by atoms with van der Waals surface area (Å²) in [6.45, 7) is 0.892. The van der Waals surface area contributed by atoms with E-state index in [1.54, 1.807) is 31.2 Å². The number of rotatable bonds is 17. The van der Waals surface area contributed by atoms with Gasteiger partial charge in [-0.3, -0.25) is 9.11 Å². The van der Waals surface area contributed by atoms with Gasteiger partial charge < -0.3 is 30.9 Å². The maximum atomic E-state index is 12.5. The maximum Gasteiger partial charge on any atom is 0.397 e. The Morgan fingerprint density at radius 1 is 0.738 bits per heavy atom. The molecule has 0 unspecified atom stereocenters. The highest BCUT2D eigenvalue weighted by Gasteiger charge is 2.19. The third-order valence-electron chi connectivity index (χ3n) is 7.91. The number of fused-ring (bicyclic) bond motifs is 1. The topological polar surface area (TPSA) is 332 Å². The lowest BCUT2D eigenvalue weighted by Gasteiger charge is -2.11. The first-order valence-corrected chi connectivity index (χ1v) is 22.0. The number of methoxy groups -OCH3 is 1. The Labute approximate surface area is 357 Å². The van der Waals surface area contributed by atoms with Gasteiger partial charge in [-0.25, -0.2) is 12.6 Å². The number of benzene rings is 4. The van der Waals surface area contributed by atoms with Crippen molar-refractivity contribution in [3.63, 3.8) is 0 Å². The number of ether oxygens (including phenoxy) is 1. The van der Waals surface area contributed by atoms with Crippen molar-refractivity contribution in [1.29, 1.82) is 0 Å². The van der Waals surface area contributed by atoms with Crippen LogP contribution in [0.3, 0.4) is 0 Å². The van der Waals surface area contributed by atoms with Gasteiger partial charge in [-0.1, -0.05) is 0 Å². The van der Waals surface area contributed by atoms with E-state index in [4.69, 9.17) is 32.5 Å². The Kier molecular flexibility index (Phi) is 13.3. The van der Waals surface area contributed by atoms with E-state index in [0.29, 0.717) is 27.7 Å². The first kappa shape index (κ1) is 44.5. The molecular weight excluding hydrogens is 906 g/mol. The number of nitrogens with one attached hydrogen (secondary N) is 4. The van der Waals surface area contributed by atoms with E-state index in [1.165, 1.54) is 51.1 Å². The van der Waals surface area contributed by atoms with E-state index in [0.717, 1.165) is 6.07 Å². The molecule has 0 atom stereocenters. The zero-order valence-corrected chi connectivity index (χ0v) is 35.0. The lowest BCUT2D eigenvalue weighted by molar-refractivity contribution is 0.284. The minimum absolute atomic E-state index is 0.00797. The smallest absolute Gasteiger partial charge is 0.397 e. The molecule has 2 aromatic heterocycles. The number of nitrogens with zero attached hydrogens (tertiary/aromatic N) is 8. The Morgan fingerprint density at radius 2 is 1.33 bits per heavy atom. The van der Waals surface area contributed by atoms with Crippen LogP contribution in [0.15, 0.2) is 86.7 Å². The number of aromatic hydroxyl groups is 1. The van der Waals surface area contributed by atoms with Crippen molar-refractivity contribution in [3.8, 4) is 11.5 Å². The van der Waals surface area contributed by atoms with Gasteiger partial charge in [0.15, 0.2) is 15.6 Å². The number of hydrogen-bond donors (Lipinski definition) is 7. The minimum atomic E-state index is -4.79. The SMILES string of the molecule is COc1ccc(N=Nc2c(C)cc3cc(Nc4nc(Cl)nc(N[B]Nc5nc(Cl)nc(Nc6ccc(S(=O)(=O)CCOS(=O)(=O)O)cc6)n5)n4)ccc3c2O)c(S(=O)(=O)O)c1. The summed E-state index contributed by atoms with van der Waals surface area (Å²) in [4.78, 5) is 23.9. The van der Waals surface area contributed by atoms with Gasteiger partial charge in [-0.05, 0) is 102 Å². The molecule has 2 heterocycles. The second-order valence-corrected chi connectivity index (χ2v) is 17.4. The Bertz CT molecular complexity index is 3010. The summed E-state index contributed by atoms with van der Waals surface area (Å²) < 4.78 is 97.6. The third kappa shape index (κ3) is 11.8. The molecule has 0 fully saturated rings. The number of aryl methyl sites for hydroxylation is 1.